The van der Waals surface area contributed by atoms with E-state index in [1.165, 1.54) is 0 Å². The van der Waals surface area contributed by atoms with Gasteiger partial charge in [-0.3, -0.25) is 9.59 Å². The van der Waals surface area contributed by atoms with E-state index in [-0.39, 0.29) is 13.1 Å². The van der Waals surface area contributed by atoms with E-state index in [4.69, 9.17) is 21.8 Å². The molecule has 1 heterocycles. The highest BCUT2D eigenvalue weighted by Crippen LogP contribution is 2.24. The van der Waals surface area contributed by atoms with Crippen molar-refractivity contribution < 1.29 is 29.7 Å². The molecule has 1 aliphatic rings. The first-order valence-electron chi connectivity index (χ1n) is 4.42. The molecule has 1 saturated heterocycles. The molecule has 0 radical (unpaired) electrons. The molecule has 0 saturated carbocycles. The van der Waals surface area contributed by atoms with Gasteiger partial charge in [0.05, 0.1) is 12.0 Å². The highest BCUT2D eigenvalue weighted by Gasteiger charge is 2.43. The third kappa shape index (κ3) is 2.42. The van der Waals surface area contributed by atoms with Gasteiger partial charge in [0.1, 0.15) is 5.92 Å². The van der Waals surface area contributed by atoms with Crippen molar-refractivity contribution in [3.8, 4) is 0 Å². The fraction of sp³-hybridized carbons (Fsp3) is 0.625. The minimum Gasteiger partial charge on any atom is -0.481 e. The number of rotatable bonds is 2. The van der Waals surface area contributed by atoms with Crippen molar-refractivity contribution in [2.75, 3.05) is 13.1 Å². The number of aliphatic hydroxyl groups excluding tert-OH is 1. The average Bonchev–Trinajstić information content (AvgIpc) is 2.16. The molecule has 3 N–H and O–H groups in total. The highest BCUT2D eigenvalue weighted by molar-refractivity contribution is 6.64. The Morgan fingerprint density at radius 2 is 1.62 bits per heavy atom. The first-order chi connectivity index (χ1) is 7.34. The van der Waals surface area contributed by atoms with Crippen LogP contribution in [0.15, 0.2) is 0 Å². The Kier molecular flexibility index (Phi) is 3.71. The van der Waals surface area contributed by atoms with Crippen molar-refractivity contribution in [2.45, 2.75) is 6.10 Å². The van der Waals surface area contributed by atoms with Crippen LogP contribution in [0.25, 0.3) is 0 Å². The molecule has 0 spiro atoms. The molecular weight excluding hydrogens is 242 g/mol. The number of carbonyl (C=O) groups is 3. The fourth-order valence-corrected chi connectivity index (χ4v) is 1.83. The summed E-state index contributed by atoms with van der Waals surface area (Å²) in [6, 6.07) is 0. The highest BCUT2D eigenvalue weighted by atomic mass is 35.5. The number of piperidine rings is 1. The zero-order valence-electron chi connectivity index (χ0n) is 8.04. The van der Waals surface area contributed by atoms with Crippen molar-refractivity contribution in [3.05, 3.63) is 0 Å². The molecule has 1 fully saturated rings. The molecule has 0 aromatic heterocycles. The summed E-state index contributed by atoms with van der Waals surface area (Å²) in [5.74, 6) is -3.90. The second kappa shape index (κ2) is 4.67. The second-order valence-electron chi connectivity index (χ2n) is 3.53. The Morgan fingerprint density at radius 3 is 2.00 bits per heavy atom. The zero-order chi connectivity index (χ0) is 12.5. The number of aliphatic carboxylic acids is 1. The van der Waals surface area contributed by atoms with Crippen LogP contribution >= 0.6 is 11.6 Å². The number of carboxylic acid groups (broad SMARTS) is 2. The third-order valence-corrected chi connectivity index (χ3v) is 2.82. The molecule has 16 heavy (non-hydrogen) atoms. The maximum Gasteiger partial charge on any atom is 0.407 e. The monoisotopic (exact) mass is 251 g/mol. The Bertz CT molecular complexity index is 308. The van der Waals surface area contributed by atoms with Crippen LogP contribution in [0.1, 0.15) is 0 Å². The van der Waals surface area contributed by atoms with Crippen molar-refractivity contribution >= 4 is 28.9 Å². The van der Waals surface area contributed by atoms with E-state index in [2.05, 4.69) is 0 Å². The summed E-state index contributed by atoms with van der Waals surface area (Å²) in [6.45, 7) is -0.644. The van der Waals surface area contributed by atoms with Gasteiger partial charge in [-0.2, -0.15) is 0 Å². The smallest absolute Gasteiger partial charge is 0.407 e. The van der Waals surface area contributed by atoms with E-state index in [0.717, 1.165) is 4.90 Å². The van der Waals surface area contributed by atoms with Gasteiger partial charge in [0, 0.05) is 13.1 Å². The van der Waals surface area contributed by atoms with E-state index in [1.807, 2.05) is 0 Å². The summed E-state index contributed by atoms with van der Waals surface area (Å²) in [5, 5.41) is 26.1. The first-order valence-corrected chi connectivity index (χ1v) is 4.80. The molecule has 3 atom stereocenters. The van der Waals surface area contributed by atoms with Gasteiger partial charge in [0.25, 0.3) is 0 Å². The molecule has 1 aliphatic heterocycles. The van der Waals surface area contributed by atoms with Crippen LogP contribution in [0.2, 0.25) is 0 Å². The quantitative estimate of drug-likeness (QED) is 0.566. The molecule has 1 rings (SSSR count). The number of amides is 1. The minimum atomic E-state index is -1.46. The molecule has 0 unspecified atom stereocenters. The Labute approximate surface area is 95.2 Å². The molecule has 0 aliphatic carbocycles. The Morgan fingerprint density at radius 1 is 1.12 bits per heavy atom. The fourth-order valence-electron chi connectivity index (χ4n) is 1.63. The third-order valence-electron chi connectivity index (χ3n) is 2.54. The van der Waals surface area contributed by atoms with Crippen molar-refractivity contribution in [2.24, 2.45) is 11.8 Å². The maximum absolute atomic E-state index is 10.9. The van der Waals surface area contributed by atoms with Crippen molar-refractivity contribution in [1.82, 2.24) is 4.90 Å². The summed E-state index contributed by atoms with van der Waals surface area (Å²) in [7, 11) is 0. The van der Waals surface area contributed by atoms with Crippen LogP contribution in [-0.4, -0.2) is 56.7 Å². The molecule has 0 bridgehead atoms. The zero-order valence-corrected chi connectivity index (χ0v) is 8.79. The van der Waals surface area contributed by atoms with Gasteiger partial charge in [-0.05, 0) is 11.6 Å². The lowest BCUT2D eigenvalue weighted by molar-refractivity contribution is -0.151. The van der Waals surface area contributed by atoms with Gasteiger partial charge in [0.15, 0.2) is 0 Å². The molecule has 0 aromatic carbocycles. The molecular formula is C8H10ClNO6. The molecule has 0 aromatic rings. The lowest BCUT2D eigenvalue weighted by Crippen LogP contribution is -2.55. The standard InChI is InChI=1S/C8H10ClNO6/c9-6(12)3-1-10(8(15)16)2-4(5(3)11)7(13)14/h3-5,11H,1-2H2,(H,13,14)(H,15,16)/t3-,4+,5-/m0/s1. The maximum atomic E-state index is 10.9. The van der Waals surface area contributed by atoms with E-state index >= 15 is 0 Å². The molecule has 7 nitrogen and oxygen atoms in total. The van der Waals surface area contributed by atoms with Crippen LogP contribution in [0.3, 0.4) is 0 Å². The van der Waals surface area contributed by atoms with Crippen LogP contribution < -0.4 is 0 Å². The number of nitrogens with zero attached hydrogens (tertiary/aromatic N) is 1. The SMILES string of the molecule is O=C(Cl)[C@H]1CN(C(=O)O)C[C@@H](C(=O)O)[C@H]1O. The Balaban J connectivity index is 2.92. The predicted molar refractivity (Wildman–Crippen MR) is 51.1 cm³/mol. The number of carbonyl (C=O) groups excluding carboxylic acids is 1. The normalized spacial score (nSPS) is 29.9. The summed E-state index contributed by atoms with van der Waals surface area (Å²) in [6.07, 6.45) is -2.81. The van der Waals surface area contributed by atoms with E-state index in [9.17, 15) is 19.5 Å². The van der Waals surface area contributed by atoms with Crippen molar-refractivity contribution in [3.63, 3.8) is 0 Å². The van der Waals surface area contributed by atoms with Crippen LogP contribution in [-0.2, 0) is 9.59 Å². The minimum absolute atomic E-state index is 0.289. The average molecular weight is 252 g/mol. The lowest BCUT2D eigenvalue weighted by atomic mass is 9.87. The summed E-state index contributed by atoms with van der Waals surface area (Å²) < 4.78 is 0. The van der Waals surface area contributed by atoms with Crippen LogP contribution in [0.4, 0.5) is 4.79 Å². The van der Waals surface area contributed by atoms with E-state index in [1.54, 1.807) is 0 Å². The summed E-state index contributed by atoms with van der Waals surface area (Å²) >= 11 is 5.18. The van der Waals surface area contributed by atoms with Gasteiger partial charge in [-0.15, -0.1) is 0 Å². The van der Waals surface area contributed by atoms with Gasteiger partial charge in [-0.25, -0.2) is 4.79 Å². The van der Waals surface area contributed by atoms with Crippen LogP contribution in [0, 0.1) is 11.8 Å². The second-order valence-corrected chi connectivity index (χ2v) is 3.91. The van der Waals surface area contributed by atoms with Crippen LogP contribution in [0.5, 0.6) is 0 Å². The Hall–Kier alpha value is -1.34. The summed E-state index contributed by atoms with van der Waals surface area (Å²) in [5.41, 5.74) is 0. The number of hydrogen-bond acceptors (Lipinski definition) is 4. The number of aliphatic hydroxyl groups is 1. The van der Waals surface area contributed by atoms with E-state index < -0.39 is 35.2 Å². The van der Waals surface area contributed by atoms with Gasteiger partial charge < -0.3 is 20.2 Å². The number of carboxylic acids is 1. The molecule has 90 valence electrons. The van der Waals surface area contributed by atoms with Crippen molar-refractivity contribution in [1.29, 1.82) is 0 Å². The first kappa shape index (κ1) is 12.7. The molecule has 8 heteroatoms. The van der Waals surface area contributed by atoms with Gasteiger partial charge >= 0.3 is 12.1 Å². The molecule has 1 amide bonds. The number of halogens is 1. The number of likely N-dealkylation sites (tertiary alicyclic amines) is 1. The van der Waals surface area contributed by atoms with Gasteiger partial charge in [-0.1, -0.05) is 0 Å². The number of hydrogen-bond donors (Lipinski definition) is 3. The lowest BCUT2D eigenvalue weighted by Gasteiger charge is -2.36. The van der Waals surface area contributed by atoms with E-state index in [0.29, 0.717) is 0 Å². The largest absolute Gasteiger partial charge is 0.481 e. The topological polar surface area (TPSA) is 115 Å². The van der Waals surface area contributed by atoms with Gasteiger partial charge in [0.2, 0.25) is 5.24 Å². The summed E-state index contributed by atoms with van der Waals surface area (Å²) in [4.78, 5) is 33.2. The predicted octanol–water partition coefficient (Wildman–Crippen LogP) is -0.577.